The van der Waals surface area contributed by atoms with E-state index in [1.807, 2.05) is 6.92 Å². The molecule has 0 amide bonds. The van der Waals surface area contributed by atoms with Gasteiger partial charge in [0.1, 0.15) is 0 Å². The summed E-state index contributed by atoms with van der Waals surface area (Å²) in [7, 11) is 0. The molecule has 0 aliphatic heterocycles. The zero-order valence-corrected chi connectivity index (χ0v) is 9.72. The molecule has 0 aromatic rings. The van der Waals surface area contributed by atoms with Gasteiger partial charge >= 0.3 is 5.51 Å². The lowest BCUT2D eigenvalue weighted by Crippen LogP contribution is -2.21. The van der Waals surface area contributed by atoms with E-state index < -0.39 is 5.51 Å². The molecule has 2 nitrogen and oxygen atoms in total. The number of hydrogen-bond donors (Lipinski definition) is 1. The molecule has 0 heterocycles. The zero-order valence-electron chi connectivity index (χ0n) is 8.90. The van der Waals surface area contributed by atoms with Crippen LogP contribution >= 0.6 is 11.8 Å². The minimum absolute atomic E-state index is 0.0117. The van der Waals surface area contributed by atoms with E-state index in [0.717, 1.165) is 19.4 Å². The van der Waals surface area contributed by atoms with Gasteiger partial charge in [-0.15, -0.1) is 0 Å². The highest BCUT2D eigenvalue weighted by atomic mass is 32.2. The maximum Gasteiger partial charge on any atom is 0.441 e. The molecule has 0 aliphatic carbocycles. The van der Waals surface area contributed by atoms with Crippen LogP contribution in [0, 0.1) is 0 Å². The van der Waals surface area contributed by atoms with Crippen molar-refractivity contribution in [1.29, 1.82) is 0 Å². The Morgan fingerprint density at radius 2 is 1.93 bits per heavy atom. The number of rotatable bonds is 9. The predicted molar refractivity (Wildman–Crippen MR) is 57.1 cm³/mol. The highest BCUT2D eigenvalue weighted by Crippen LogP contribution is 2.29. The maximum atomic E-state index is 11.7. The molecule has 0 rings (SSSR count). The van der Waals surface area contributed by atoms with Crippen molar-refractivity contribution < 1.29 is 17.9 Å². The van der Waals surface area contributed by atoms with Crippen LogP contribution in [0.3, 0.4) is 0 Å². The normalized spacial score (nSPS) is 12.0. The van der Waals surface area contributed by atoms with Crippen LogP contribution in [0.1, 0.15) is 19.8 Å². The standard InChI is InChI=1S/C9H18F3NOS/c1-2-6-14-7-3-4-13-5-8-15-9(10,11)12/h13H,2-8H2,1H3. The number of alkyl halides is 3. The third-order valence-electron chi connectivity index (χ3n) is 1.54. The SMILES string of the molecule is CCCOCCCNCCSC(F)(F)F. The second-order valence-electron chi connectivity index (χ2n) is 3.01. The topological polar surface area (TPSA) is 21.3 Å². The monoisotopic (exact) mass is 245 g/mol. The van der Waals surface area contributed by atoms with Crippen molar-refractivity contribution in [2.24, 2.45) is 0 Å². The lowest BCUT2D eigenvalue weighted by molar-refractivity contribution is -0.0327. The molecule has 0 spiro atoms. The Bertz CT molecular complexity index is 144. The van der Waals surface area contributed by atoms with E-state index in [1.165, 1.54) is 0 Å². The second kappa shape index (κ2) is 9.30. The molecule has 0 bridgehead atoms. The van der Waals surface area contributed by atoms with Gasteiger partial charge in [-0.3, -0.25) is 0 Å². The number of halogens is 3. The first-order valence-electron chi connectivity index (χ1n) is 5.05. The van der Waals surface area contributed by atoms with Crippen LogP contribution < -0.4 is 5.32 Å². The molecule has 0 saturated heterocycles. The lowest BCUT2D eigenvalue weighted by atomic mass is 10.4. The van der Waals surface area contributed by atoms with Crippen molar-refractivity contribution in [3.63, 3.8) is 0 Å². The third-order valence-corrected chi connectivity index (χ3v) is 2.27. The quantitative estimate of drug-likeness (QED) is 0.631. The summed E-state index contributed by atoms with van der Waals surface area (Å²) >= 11 is 0.0117. The van der Waals surface area contributed by atoms with Crippen LogP contribution in [-0.2, 0) is 4.74 Å². The van der Waals surface area contributed by atoms with Gasteiger partial charge in [-0.05, 0) is 31.1 Å². The Balaban J connectivity index is 2.99. The van der Waals surface area contributed by atoms with Crippen LogP contribution in [0.2, 0.25) is 0 Å². The van der Waals surface area contributed by atoms with Gasteiger partial charge in [0.25, 0.3) is 0 Å². The Kier molecular flexibility index (Phi) is 9.33. The molecule has 0 unspecified atom stereocenters. The molecule has 0 aromatic carbocycles. The first-order chi connectivity index (χ1) is 7.06. The lowest BCUT2D eigenvalue weighted by Gasteiger charge is -2.07. The van der Waals surface area contributed by atoms with Crippen LogP contribution in [0.25, 0.3) is 0 Å². The first-order valence-corrected chi connectivity index (χ1v) is 6.04. The predicted octanol–water partition coefficient (Wildman–Crippen LogP) is 2.65. The van der Waals surface area contributed by atoms with Gasteiger partial charge in [-0.2, -0.15) is 13.2 Å². The third kappa shape index (κ3) is 14.1. The second-order valence-corrected chi connectivity index (χ2v) is 4.17. The minimum Gasteiger partial charge on any atom is -0.381 e. The highest BCUT2D eigenvalue weighted by Gasteiger charge is 2.27. The van der Waals surface area contributed by atoms with Crippen molar-refractivity contribution >= 4 is 11.8 Å². The van der Waals surface area contributed by atoms with E-state index in [9.17, 15) is 13.2 Å². The summed E-state index contributed by atoms with van der Waals surface area (Å²) in [5.41, 5.74) is -4.11. The summed E-state index contributed by atoms with van der Waals surface area (Å²) in [6, 6.07) is 0. The highest BCUT2D eigenvalue weighted by molar-refractivity contribution is 8.00. The van der Waals surface area contributed by atoms with Gasteiger partial charge in [0.05, 0.1) is 0 Å². The summed E-state index contributed by atoms with van der Waals surface area (Å²) in [5.74, 6) is 0.0688. The Labute approximate surface area is 92.9 Å². The zero-order chi connectivity index (χ0) is 11.6. The van der Waals surface area contributed by atoms with Crippen molar-refractivity contribution in [3.8, 4) is 0 Å². The Morgan fingerprint density at radius 1 is 1.20 bits per heavy atom. The van der Waals surface area contributed by atoms with Gasteiger partial charge in [-0.1, -0.05) is 6.92 Å². The molecule has 15 heavy (non-hydrogen) atoms. The van der Waals surface area contributed by atoms with Crippen molar-refractivity contribution in [3.05, 3.63) is 0 Å². The van der Waals surface area contributed by atoms with Crippen molar-refractivity contribution in [2.75, 3.05) is 32.1 Å². The van der Waals surface area contributed by atoms with Crippen molar-refractivity contribution in [2.45, 2.75) is 25.3 Å². The summed E-state index contributed by atoms with van der Waals surface area (Å²) in [6.45, 7) is 4.56. The fourth-order valence-corrected chi connectivity index (χ4v) is 1.39. The average Bonchev–Trinajstić information content (AvgIpc) is 2.14. The van der Waals surface area contributed by atoms with Gasteiger partial charge < -0.3 is 10.1 Å². The van der Waals surface area contributed by atoms with E-state index in [2.05, 4.69) is 5.32 Å². The number of thioether (sulfide) groups is 1. The van der Waals surface area contributed by atoms with Crippen LogP contribution in [0.5, 0.6) is 0 Å². The molecule has 1 N–H and O–H groups in total. The van der Waals surface area contributed by atoms with E-state index in [1.54, 1.807) is 0 Å². The molecular weight excluding hydrogens is 227 g/mol. The average molecular weight is 245 g/mol. The van der Waals surface area contributed by atoms with Crippen LogP contribution in [-0.4, -0.2) is 37.6 Å². The van der Waals surface area contributed by atoms with Gasteiger partial charge in [0.15, 0.2) is 0 Å². The van der Waals surface area contributed by atoms with E-state index >= 15 is 0 Å². The molecular formula is C9H18F3NOS. The van der Waals surface area contributed by atoms with E-state index in [0.29, 0.717) is 19.7 Å². The van der Waals surface area contributed by atoms with Gasteiger partial charge in [0, 0.05) is 25.5 Å². The largest absolute Gasteiger partial charge is 0.441 e. The minimum atomic E-state index is -4.11. The Morgan fingerprint density at radius 3 is 2.53 bits per heavy atom. The molecule has 0 saturated carbocycles. The molecule has 0 aromatic heterocycles. The Hall–Kier alpha value is 0.0600. The molecule has 0 aliphatic rings. The number of ether oxygens (including phenoxy) is 1. The first kappa shape index (κ1) is 15.1. The van der Waals surface area contributed by atoms with Crippen LogP contribution in [0.15, 0.2) is 0 Å². The fourth-order valence-electron chi connectivity index (χ4n) is 0.910. The molecule has 0 radical (unpaired) electrons. The smallest absolute Gasteiger partial charge is 0.381 e. The van der Waals surface area contributed by atoms with Crippen LogP contribution in [0.4, 0.5) is 13.2 Å². The summed E-state index contributed by atoms with van der Waals surface area (Å²) < 4.78 is 40.3. The number of nitrogens with one attached hydrogen (secondary N) is 1. The fraction of sp³-hybridized carbons (Fsp3) is 1.00. The van der Waals surface area contributed by atoms with E-state index in [-0.39, 0.29) is 17.5 Å². The van der Waals surface area contributed by atoms with Gasteiger partial charge in [0.2, 0.25) is 0 Å². The summed E-state index contributed by atoms with van der Waals surface area (Å²) in [4.78, 5) is 0. The summed E-state index contributed by atoms with van der Waals surface area (Å²) in [5, 5.41) is 2.93. The molecule has 0 atom stereocenters. The summed E-state index contributed by atoms with van der Waals surface area (Å²) in [6.07, 6.45) is 1.84. The maximum absolute atomic E-state index is 11.7. The van der Waals surface area contributed by atoms with Crippen molar-refractivity contribution in [1.82, 2.24) is 5.32 Å². The molecule has 6 heteroatoms. The molecule has 92 valence electrons. The van der Waals surface area contributed by atoms with E-state index in [4.69, 9.17) is 4.74 Å². The van der Waals surface area contributed by atoms with Gasteiger partial charge in [-0.25, -0.2) is 0 Å². The molecule has 0 fully saturated rings. The number of hydrogen-bond acceptors (Lipinski definition) is 3.